The van der Waals surface area contributed by atoms with Crippen LogP contribution in [0.5, 0.6) is 0 Å². The van der Waals surface area contributed by atoms with Crippen molar-refractivity contribution < 1.29 is 25.8 Å². The van der Waals surface area contributed by atoms with E-state index in [4.69, 9.17) is 0 Å². The second-order valence-corrected chi connectivity index (χ2v) is 8.05. The van der Waals surface area contributed by atoms with Gasteiger partial charge < -0.3 is 0 Å². The zero-order valence-electron chi connectivity index (χ0n) is 18.6. The van der Waals surface area contributed by atoms with Crippen LogP contribution in [0.4, 0.5) is 0 Å². The van der Waals surface area contributed by atoms with Gasteiger partial charge in [-0.1, -0.05) is 90.3 Å². The van der Waals surface area contributed by atoms with Crippen LogP contribution in [0.2, 0.25) is 0 Å². The normalized spacial score (nSPS) is 14.4. The minimum absolute atomic E-state index is 0. The fourth-order valence-corrected chi connectivity index (χ4v) is 3.81. The molecule has 1 aliphatic rings. The molecule has 0 amide bonds. The molecule has 0 nitrogen and oxygen atoms in total. The smallest absolute Gasteiger partial charge is 0 e. The van der Waals surface area contributed by atoms with E-state index in [9.17, 15) is 0 Å². The summed E-state index contributed by atoms with van der Waals surface area (Å²) in [7, 11) is 0. The van der Waals surface area contributed by atoms with Gasteiger partial charge in [-0.2, -0.15) is 33.4 Å². The summed E-state index contributed by atoms with van der Waals surface area (Å²) in [6.45, 7) is 17.6. The van der Waals surface area contributed by atoms with Crippen molar-refractivity contribution in [3.05, 3.63) is 68.3 Å². The predicted octanol–water partition coefficient (Wildman–Crippen LogP) is 7.74. The van der Waals surface area contributed by atoms with Crippen LogP contribution in [0.15, 0.2) is 12.1 Å². The van der Waals surface area contributed by atoms with E-state index in [1.807, 2.05) is 0 Å². The molecule has 0 aromatic heterocycles. The van der Waals surface area contributed by atoms with Crippen LogP contribution in [0.3, 0.4) is 0 Å². The Labute approximate surface area is 186 Å². The molecule has 1 aliphatic carbocycles. The van der Waals surface area contributed by atoms with Gasteiger partial charge >= 0.3 is 0 Å². The Morgan fingerprint density at radius 2 is 1.44 bits per heavy atom. The Hall–Kier alpha value is -0.820. The standard InChI is InChI=1S/C16H21.C10H15.Hf/c1-4-5-6-7-14-8-9-15-10-12(2)13(3)11-16(14)15;1-6-7(2)9(4)10(5)8(6)3;/h9-11,14H,4-7H2,1-3H3;1-5H3;/q2*-1;. The van der Waals surface area contributed by atoms with Crippen molar-refractivity contribution in [2.75, 3.05) is 0 Å². The van der Waals surface area contributed by atoms with Gasteiger partial charge in [0.2, 0.25) is 0 Å². The first-order chi connectivity index (χ1) is 12.3. The first kappa shape index (κ1) is 24.2. The summed E-state index contributed by atoms with van der Waals surface area (Å²) in [6, 6.07) is 4.66. The van der Waals surface area contributed by atoms with Crippen LogP contribution in [0, 0.1) is 54.5 Å². The Morgan fingerprint density at radius 3 is 1.93 bits per heavy atom. The van der Waals surface area contributed by atoms with E-state index in [2.05, 4.69) is 79.7 Å². The molecule has 1 unspecified atom stereocenters. The third kappa shape index (κ3) is 5.59. The van der Waals surface area contributed by atoms with E-state index >= 15 is 0 Å². The third-order valence-corrected chi connectivity index (χ3v) is 6.42. The molecule has 0 saturated heterocycles. The summed E-state index contributed by atoms with van der Waals surface area (Å²) in [5.41, 5.74) is 13.0. The molecule has 0 bridgehead atoms. The number of hydrogen-bond acceptors (Lipinski definition) is 0. The molecule has 2 aromatic rings. The van der Waals surface area contributed by atoms with Crippen LogP contribution in [-0.4, -0.2) is 0 Å². The van der Waals surface area contributed by atoms with Crippen molar-refractivity contribution in [2.24, 2.45) is 0 Å². The molecule has 0 aliphatic heterocycles. The van der Waals surface area contributed by atoms with E-state index in [0.29, 0.717) is 5.92 Å². The van der Waals surface area contributed by atoms with Gasteiger partial charge in [-0.25, -0.2) is 6.08 Å². The molecule has 3 rings (SSSR count). The molecular formula is C26H36Hf-2. The van der Waals surface area contributed by atoms with E-state index in [1.165, 1.54) is 75.8 Å². The number of fused-ring (bicyclic) bond motifs is 1. The fraction of sp³-hybridized carbons (Fsp3) is 0.500. The van der Waals surface area contributed by atoms with Gasteiger partial charge in [0.05, 0.1) is 0 Å². The number of unbranched alkanes of at least 4 members (excludes halogenated alkanes) is 2. The first-order valence-electron chi connectivity index (χ1n) is 10.2. The topological polar surface area (TPSA) is 0 Å². The number of hydrogen-bond donors (Lipinski definition) is 0. The molecular weight excluding hydrogens is 491 g/mol. The van der Waals surface area contributed by atoms with Crippen molar-refractivity contribution in [1.29, 1.82) is 0 Å². The first-order valence-corrected chi connectivity index (χ1v) is 10.2. The molecule has 2 aromatic carbocycles. The molecule has 0 fully saturated rings. The summed E-state index contributed by atoms with van der Waals surface area (Å²) in [4.78, 5) is 0. The molecule has 1 heteroatoms. The average molecular weight is 527 g/mol. The number of aryl methyl sites for hydroxylation is 2. The van der Waals surface area contributed by atoms with E-state index in [0.717, 1.165) is 0 Å². The second-order valence-electron chi connectivity index (χ2n) is 8.05. The van der Waals surface area contributed by atoms with Gasteiger partial charge in [0.25, 0.3) is 0 Å². The van der Waals surface area contributed by atoms with Gasteiger partial charge in [-0.15, -0.1) is 11.6 Å². The summed E-state index contributed by atoms with van der Waals surface area (Å²) in [6.07, 6.45) is 10.9. The minimum Gasteiger partial charge on any atom is -0.268 e. The maximum absolute atomic E-state index is 3.51. The second kappa shape index (κ2) is 10.7. The zero-order chi connectivity index (χ0) is 19.4. The van der Waals surface area contributed by atoms with Crippen LogP contribution in [0.1, 0.15) is 88.6 Å². The quantitative estimate of drug-likeness (QED) is 0.217. The maximum atomic E-state index is 3.51. The van der Waals surface area contributed by atoms with Crippen molar-refractivity contribution in [3.63, 3.8) is 0 Å². The number of allylic oxidation sites excluding steroid dienone is 1. The average Bonchev–Trinajstić information content (AvgIpc) is 3.07. The third-order valence-electron chi connectivity index (χ3n) is 6.42. The number of rotatable bonds is 4. The molecule has 146 valence electrons. The van der Waals surface area contributed by atoms with Gasteiger partial charge in [-0.3, -0.25) is 6.08 Å². The Bertz CT molecular complexity index is 709. The fourth-order valence-electron chi connectivity index (χ4n) is 3.81. The molecule has 0 spiro atoms. The van der Waals surface area contributed by atoms with Gasteiger partial charge in [0.15, 0.2) is 0 Å². The van der Waals surface area contributed by atoms with Crippen molar-refractivity contribution >= 4 is 6.08 Å². The largest absolute Gasteiger partial charge is 0.268 e. The minimum atomic E-state index is 0. The van der Waals surface area contributed by atoms with Crippen molar-refractivity contribution in [3.8, 4) is 0 Å². The SMILES string of the molecule is CCCCCC1[C-]=Cc2cc(C)c(C)cc21.Cc1c(C)c(C)[c-](C)c1C.[Hf]. The Kier molecular flexibility index (Phi) is 9.55. The van der Waals surface area contributed by atoms with Crippen molar-refractivity contribution in [2.45, 2.75) is 87.0 Å². The van der Waals surface area contributed by atoms with Crippen LogP contribution in [-0.2, 0) is 25.8 Å². The summed E-state index contributed by atoms with van der Waals surface area (Å²) >= 11 is 0. The molecule has 27 heavy (non-hydrogen) atoms. The van der Waals surface area contributed by atoms with Gasteiger partial charge in [-0.05, 0) is 13.8 Å². The molecule has 0 saturated carbocycles. The maximum Gasteiger partial charge on any atom is 0 e. The van der Waals surface area contributed by atoms with Crippen LogP contribution < -0.4 is 0 Å². The molecule has 0 heterocycles. The summed E-state index contributed by atoms with van der Waals surface area (Å²) in [5, 5.41) is 0. The van der Waals surface area contributed by atoms with Gasteiger partial charge in [0, 0.05) is 25.8 Å². The monoisotopic (exact) mass is 528 g/mol. The predicted molar refractivity (Wildman–Crippen MR) is 116 cm³/mol. The molecule has 1 atom stereocenters. The van der Waals surface area contributed by atoms with E-state index in [-0.39, 0.29) is 25.8 Å². The number of benzene rings is 1. The molecule has 0 N–H and O–H groups in total. The zero-order valence-corrected chi connectivity index (χ0v) is 22.2. The van der Waals surface area contributed by atoms with E-state index in [1.54, 1.807) is 0 Å². The Morgan fingerprint density at radius 1 is 0.889 bits per heavy atom. The Balaban J connectivity index is 0.000000288. The van der Waals surface area contributed by atoms with Gasteiger partial charge in [0.1, 0.15) is 0 Å². The molecule has 0 radical (unpaired) electrons. The summed E-state index contributed by atoms with van der Waals surface area (Å²) < 4.78 is 0. The van der Waals surface area contributed by atoms with Crippen LogP contribution in [0.25, 0.3) is 6.08 Å². The van der Waals surface area contributed by atoms with Crippen LogP contribution >= 0.6 is 0 Å². The van der Waals surface area contributed by atoms with E-state index < -0.39 is 0 Å². The summed E-state index contributed by atoms with van der Waals surface area (Å²) in [5.74, 6) is 0.556. The van der Waals surface area contributed by atoms with Crippen molar-refractivity contribution in [1.82, 2.24) is 0 Å².